The quantitative estimate of drug-likeness (QED) is 0.148. The maximum Gasteiger partial charge on any atom is 0.252 e. The van der Waals surface area contributed by atoms with Gasteiger partial charge in [-0.1, -0.05) is 297 Å². The average Bonchev–Trinajstić information content (AvgIpc) is 1.28. The molecule has 5 heteroatoms. The van der Waals surface area contributed by atoms with Gasteiger partial charge in [0.1, 0.15) is 0 Å². The molecule has 12 aromatic carbocycles. The summed E-state index contributed by atoms with van der Waals surface area (Å²) in [5.41, 5.74) is 33.5. The number of hydrogen-bond acceptors (Lipinski definition) is 2. The van der Waals surface area contributed by atoms with Crippen molar-refractivity contribution in [1.29, 1.82) is 0 Å². The predicted molar refractivity (Wildman–Crippen MR) is 456 cm³/mol. The molecule has 0 aliphatic carbocycles. The van der Waals surface area contributed by atoms with Crippen molar-refractivity contribution < 1.29 is 0 Å². The molecule has 0 unspecified atom stereocenters. The summed E-state index contributed by atoms with van der Waals surface area (Å²) < 4.78 is 5.03. The van der Waals surface area contributed by atoms with Crippen LogP contribution in [-0.2, 0) is 37.9 Å². The Morgan fingerprint density at radius 1 is 0.219 bits per heavy atom. The summed E-state index contributed by atoms with van der Waals surface area (Å²) in [6.07, 6.45) is 0. The Morgan fingerprint density at radius 3 is 1.05 bits per heavy atom. The summed E-state index contributed by atoms with van der Waals surface area (Å²) in [5, 5.41) is 4.94. The third-order valence-corrected chi connectivity index (χ3v) is 23.0. The molecule has 0 bridgehead atoms. The number of para-hydroxylation sites is 3. The molecule has 2 aliphatic rings. The van der Waals surface area contributed by atoms with E-state index in [0.29, 0.717) is 0 Å². The van der Waals surface area contributed by atoms with E-state index in [4.69, 9.17) is 0 Å². The van der Waals surface area contributed by atoms with Crippen LogP contribution in [0.1, 0.15) is 184 Å². The molecule has 0 saturated carbocycles. The lowest BCUT2D eigenvalue weighted by molar-refractivity contribution is 0.569. The molecule has 2 aromatic heterocycles. The van der Waals surface area contributed by atoms with Gasteiger partial charge in [0.25, 0.3) is 6.71 Å². The van der Waals surface area contributed by atoms with Gasteiger partial charge in [0, 0.05) is 66.8 Å². The van der Waals surface area contributed by atoms with Crippen molar-refractivity contribution >= 4 is 101 Å². The van der Waals surface area contributed by atoms with Crippen LogP contribution < -0.4 is 26.2 Å². The second-order valence-electron chi connectivity index (χ2n) is 37.6. The van der Waals surface area contributed by atoms with Gasteiger partial charge in [-0.25, -0.2) is 0 Å². The van der Waals surface area contributed by atoms with Crippen molar-refractivity contribution in [3.8, 4) is 44.8 Å². The first-order valence-electron chi connectivity index (χ1n) is 38.3. The first kappa shape index (κ1) is 69.3. The minimum atomic E-state index is -0.278. The SMILES string of the molecule is CC(C)(C)c1ccc(-c2cc(C(C)(C)C)ccc2N2c3cc(-c4cc(C(C)(C)C)cc(C(C)(C)C)c4)ccc3B3c4ccc(-n5c6ccccc6c6cc7c8ccccc8n(-c8ccccc8)c7cc65)cc4N(c4ccc(C(C)(C)C)cc4-c4ccc(C(C)(C)C)cc4)c4cc(C(C)(C)C)cc2c43)cc1. The normalized spacial score (nSPS) is 13.7. The average molecular weight is 1370 g/mol. The minimum absolute atomic E-state index is 0.0115. The summed E-state index contributed by atoms with van der Waals surface area (Å²) in [7, 11) is 0. The van der Waals surface area contributed by atoms with Gasteiger partial charge in [0.15, 0.2) is 0 Å². The fourth-order valence-corrected chi connectivity index (χ4v) is 16.6. The lowest BCUT2D eigenvalue weighted by Crippen LogP contribution is -2.61. The van der Waals surface area contributed by atoms with Crippen molar-refractivity contribution in [2.45, 2.75) is 183 Å². The maximum absolute atomic E-state index is 2.71. The van der Waals surface area contributed by atoms with Crippen LogP contribution in [0.15, 0.2) is 243 Å². The predicted octanol–water partition coefficient (Wildman–Crippen LogP) is 26.0. The van der Waals surface area contributed by atoms with Crippen LogP contribution in [0.4, 0.5) is 34.1 Å². The fraction of sp³-hybridized carbons (Fsp3) is 0.280. The molecule has 0 radical (unpaired) electrons. The van der Waals surface area contributed by atoms with Gasteiger partial charge in [-0.15, -0.1) is 0 Å². The van der Waals surface area contributed by atoms with Crippen LogP contribution in [0.25, 0.3) is 88.4 Å². The first-order valence-corrected chi connectivity index (χ1v) is 38.3. The molecule has 526 valence electrons. The van der Waals surface area contributed by atoms with E-state index in [1.807, 2.05) is 0 Å². The van der Waals surface area contributed by atoms with E-state index >= 15 is 0 Å². The molecule has 16 rings (SSSR count). The summed E-state index contributed by atoms with van der Waals surface area (Å²) in [4.78, 5) is 5.42. The van der Waals surface area contributed by atoms with Gasteiger partial charge >= 0.3 is 0 Å². The third kappa shape index (κ3) is 11.9. The van der Waals surface area contributed by atoms with Crippen LogP contribution in [0.5, 0.6) is 0 Å². The molecule has 0 spiro atoms. The number of benzene rings is 12. The number of hydrogen-bond donors (Lipinski definition) is 0. The monoisotopic (exact) mass is 1370 g/mol. The van der Waals surface area contributed by atoms with Crippen LogP contribution >= 0.6 is 0 Å². The molecule has 0 saturated heterocycles. The van der Waals surface area contributed by atoms with E-state index in [9.17, 15) is 0 Å². The van der Waals surface area contributed by atoms with Crippen LogP contribution in [0.2, 0.25) is 0 Å². The molecule has 2 aliphatic heterocycles. The summed E-state index contributed by atoms with van der Waals surface area (Å²) in [5.74, 6) is 0. The fourth-order valence-electron chi connectivity index (χ4n) is 16.6. The van der Waals surface area contributed by atoms with E-state index in [1.165, 1.54) is 144 Å². The van der Waals surface area contributed by atoms with Gasteiger partial charge in [0.2, 0.25) is 0 Å². The Morgan fingerprint density at radius 2 is 0.600 bits per heavy atom. The van der Waals surface area contributed by atoms with Crippen molar-refractivity contribution in [1.82, 2.24) is 9.13 Å². The molecule has 0 atom stereocenters. The Labute approximate surface area is 625 Å². The topological polar surface area (TPSA) is 16.3 Å². The molecule has 14 aromatic rings. The zero-order valence-corrected chi connectivity index (χ0v) is 66.0. The van der Waals surface area contributed by atoms with Gasteiger partial charge < -0.3 is 18.9 Å². The Balaban J connectivity index is 1.04. The molecule has 0 amide bonds. The molecule has 4 heterocycles. The number of nitrogens with zero attached hydrogens (tertiary/aromatic N) is 4. The highest BCUT2D eigenvalue weighted by Gasteiger charge is 2.46. The summed E-state index contributed by atoms with van der Waals surface area (Å²) >= 11 is 0. The third-order valence-electron chi connectivity index (χ3n) is 23.0. The van der Waals surface area contributed by atoms with Crippen LogP contribution in [0, 0.1) is 0 Å². The Kier molecular flexibility index (Phi) is 16.0. The largest absolute Gasteiger partial charge is 0.311 e. The smallest absolute Gasteiger partial charge is 0.252 e. The summed E-state index contributed by atoms with van der Waals surface area (Å²) in [6, 6.07) is 95.3. The highest BCUT2D eigenvalue weighted by molar-refractivity contribution is 7.00. The van der Waals surface area contributed by atoms with Crippen molar-refractivity contribution in [3.05, 3.63) is 282 Å². The maximum atomic E-state index is 2.71. The number of rotatable bonds is 7. The second-order valence-corrected chi connectivity index (χ2v) is 37.6. The lowest BCUT2D eigenvalue weighted by atomic mass is 9.33. The van der Waals surface area contributed by atoms with E-state index < -0.39 is 0 Å². The summed E-state index contributed by atoms with van der Waals surface area (Å²) in [6.45, 7) is 49.2. The number of fused-ring (bicyclic) bond motifs is 10. The van der Waals surface area contributed by atoms with E-state index in [0.717, 1.165) is 34.0 Å². The van der Waals surface area contributed by atoms with E-state index in [2.05, 4.69) is 407 Å². The lowest BCUT2D eigenvalue weighted by Gasteiger charge is -2.46. The molecule has 0 N–H and O–H groups in total. The standard InChI is InChI=1S/C100H103BN4/c1-94(2,3)66-40-35-62(36-41-66)77-55-68(96(7,8)9)44-49-85(77)104-89-53-64(65-51-70(98(13,14)15)54-71(52-65)99(16,17)18)39-47-81(89)101-82-48-46-74(103-84-34-28-26-32-76(84)80-60-79-75-31-25-27-33-83(75)102(87(79)61-88(80)103)73-29-23-22-24-30-73)59-90(82)105(92-58-72(100(19,20)21)57-91(104)93(92)101)86-50-45-69(97(10,11)12)56-78(86)63-37-42-67(43-38-63)95(4,5)6/h22-61H,1-21H3. The molecule has 4 nitrogen and oxygen atoms in total. The zero-order chi connectivity index (χ0) is 74.1. The van der Waals surface area contributed by atoms with Crippen molar-refractivity contribution in [2.24, 2.45) is 0 Å². The van der Waals surface area contributed by atoms with Gasteiger partial charge in [0.05, 0.1) is 33.4 Å². The van der Waals surface area contributed by atoms with Gasteiger partial charge in [-0.3, -0.25) is 0 Å². The Bertz CT molecular complexity index is 5770. The Hall–Kier alpha value is -10.1. The van der Waals surface area contributed by atoms with Crippen LogP contribution in [0.3, 0.4) is 0 Å². The van der Waals surface area contributed by atoms with E-state index in [1.54, 1.807) is 0 Å². The van der Waals surface area contributed by atoms with Crippen molar-refractivity contribution in [2.75, 3.05) is 9.80 Å². The minimum Gasteiger partial charge on any atom is -0.311 e. The van der Waals surface area contributed by atoms with Gasteiger partial charge in [-0.2, -0.15) is 0 Å². The molecule has 105 heavy (non-hydrogen) atoms. The van der Waals surface area contributed by atoms with Crippen molar-refractivity contribution in [3.63, 3.8) is 0 Å². The highest BCUT2D eigenvalue weighted by atomic mass is 15.2. The number of anilines is 6. The van der Waals surface area contributed by atoms with Crippen LogP contribution in [-0.4, -0.2) is 15.8 Å². The van der Waals surface area contributed by atoms with Gasteiger partial charge in [-0.05, 0) is 206 Å². The molecular weight excluding hydrogens is 1270 g/mol. The molecule has 0 fully saturated rings. The second kappa shape index (κ2) is 24.2. The molecular formula is C100H103BN4. The highest BCUT2D eigenvalue weighted by Crippen LogP contribution is 2.53. The zero-order valence-electron chi connectivity index (χ0n) is 66.0. The number of aromatic nitrogens is 2. The van der Waals surface area contributed by atoms with E-state index in [-0.39, 0.29) is 44.6 Å². The first-order chi connectivity index (χ1) is 49.5.